The summed E-state index contributed by atoms with van der Waals surface area (Å²) < 4.78 is 1.77. The molecule has 2 heterocycles. The highest BCUT2D eigenvalue weighted by atomic mass is 15.3. The molecule has 0 amide bonds. The van der Waals surface area contributed by atoms with Gasteiger partial charge in [0, 0.05) is 18.6 Å². The maximum absolute atomic E-state index is 4.47. The van der Waals surface area contributed by atoms with Crippen molar-refractivity contribution in [2.45, 2.75) is 39.0 Å². The van der Waals surface area contributed by atoms with E-state index in [9.17, 15) is 0 Å². The molecule has 2 aromatic rings. The van der Waals surface area contributed by atoms with Crippen LogP contribution in [0.5, 0.6) is 0 Å². The van der Waals surface area contributed by atoms with E-state index in [0.29, 0.717) is 0 Å². The minimum atomic E-state index is 0.199. The fourth-order valence-corrected chi connectivity index (χ4v) is 2.10. The van der Waals surface area contributed by atoms with Crippen molar-refractivity contribution in [2.75, 3.05) is 0 Å². The smallest absolute Gasteiger partial charge is 0.153 e. The lowest BCUT2D eigenvalue weighted by Crippen LogP contribution is -2.17. The Morgan fingerprint density at radius 2 is 2.12 bits per heavy atom. The third kappa shape index (κ3) is 2.54. The fraction of sp³-hybridized carbons (Fsp3) is 0.429. The Balaban J connectivity index is 2.24. The summed E-state index contributed by atoms with van der Waals surface area (Å²) in [4.78, 5) is 4.47. The van der Waals surface area contributed by atoms with Gasteiger partial charge in [-0.3, -0.25) is 0 Å². The van der Waals surface area contributed by atoms with Gasteiger partial charge in [-0.2, -0.15) is 5.10 Å². The van der Waals surface area contributed by atoms with Gasteiger partial charge in [0.2, 0.25) is 0 Å². The number of pyridine rings is 1. The number of aromatic nitrogens is 3. The van der Waals surface area contributed by atoms with Gasteiger partial charge in [0.15, 0.2) is 5.82 Å². The van der Waals surface area contributed by atoms with Gasteiger partial charge in [0.1, 0.15) is 0 Å². The lowest BCUT2D eigenvalue weighted by Gasteiger charge is -2.24. The Labute approximate surface area is 103 Å². The van der Waals surface area contributed by atoms with Gasteiger partial charge in [0.05, 0.1) is 0 Å². The lowest BCUT2D eigenvalue weighted by atomic mass is 9.82. The number of nitrogens with zero attached hydrogens (tertiary/aromatic N) is 3. The van der Waals surface area contributed by atoms with Crippen LogP contribution in [-0.4, -0.2) is 14.8 Å². The molecule has 17 heavy (non-hydrogen) atoms. The van der Waals surface area contributed by atoms with E-state index in [2.05, 4.69) is 36.9 Å². The average Bonchev–Trinajstić information content (AvgIpc) is 2.82. The highest BCUT2D eigenvalue weighted by molar-refractivity contribution is 5.28. The van der Waals surface area contributed by atoms with Crippen LogP contribution in [0.1, 0.15) is 39.2 Å². The number of rotatable bonds is 4. The molecule has 0 fully saturated rings. The average molecular weight is 229 g/mol. The molecule has 0 saturated carbocycles. The van der Waals surface area contributed by atoms with Crippen molar-refractivity contribution in [1.29, 1.82) is 0 Å². The topological polar surface area (TPSA) is 30.7 Å². The fourth-order valence-electron chi connectivity index (χ4n) is 2.10. The minimum Gasteiger partial charge on any atom is -0.237 e. The van der Waals surface area contributed by atoms with E-state index in [1.807, 2.05) is 24.5 Å². The molecule has 0 aromatic carbocycles. The third-order valence-electron chi connectivity index (χ3n) is 3.14. The van der Waals surface area contributed by atoms with Gasteiger partial charge in [-0.05, 0) is 29.5 Å². The van der Waals surface area contributed by atoms with Crippen molar-refractivity contribution in [2.24, 2.45) is 0 Å². The highest BCUT2D eigenvalue weighted by Gasteiger charge is 2.19. The molecule has 0 atom stereocenters. The van der Waals surface area contributed by atoms with Crippen LogP contribution < -0.4 is 0 Å². The second-order valence-corrected chi connectivity index (χ2v) is 4.99. The molecule has 0 N–H and O–H groups in total. The summed E-state index contributed by atoms with van der Waals surface area (Å²) in [7, 11) is 0. The minimum absolute atomic E-state index is 0.199. The van der Waals surface area contributed by atoms with E-state index in [1.54, 1.807) is 10.9 Å². The molecular weight excluding hydrogens is 210 g/mol. The first-order valence-electron chi connectivity index (χ1n) is 6.10. The third-order valence-corrected chi connectivity index (χ3v) is 3.14. The molecule has 0 aliphatic heterocycles. The lowest BCUT2D eigenvalue weighted by molar-refractivity contribution is 0.471. The molecule has 3 nitrogen and oxygen atoms in total. The van der Waals surface area contributed by atoms with E-state index < -0.39 is 0 Å². The SMILES string of the molecule is CCCC(C)(C)c1ccc(-n2cccn2)nc1. The molecule has 0 aliphatic carbocycles. The zero-order chi connectivity index (χ0) is 12.3. The Kier molecular flexibility index (Phi) is 3.27. The summed E-state index contributed by atoms with van der Waals surface area (Å²) >= 11 is 0. The first-order valence-corrected chi connectivity index (χ1v) is 6.10. The maximum Gasteiger partial charge on any atom is 0.153 e. The van der Waals surface area contributed by atoms with Crippen molar-refractivity contribution in [3.05, 3.63) is 42.4 Å². The van der Waals surface area contributed by atoms with Gasteiger partial charge in [-0.15, -0.1) is 0 Å². The molecule has 0 saturated heterocycles. The summed E-state index contributed by atoms with van der Waals surface area (Å²) in [6, 6.07) is 6.08. The number of hydrogen-bond acceptors (Lipinski definition) is 2. The van der Waals surface area contributed by atoms with Crippen LogP contribution in [0.4, 0.5) is 0 Å². The summed E-state index contributed by atoms with van der Waals surface area (Å²) in [6.07, 6.45) is 7.99. The quantitative estimate of drug-likeness (QED) is 0.805. The van der Waals surface area contributed by atoms with Crippen molar-refractivity contribution in [1.82, 2.24) is 14.8 Å². The number of hydrogen-bond donors (Lipinski definition) is 0. The van der Waals surface area contributed by atoms with Crippen LogP contribution in [0, 0.1) is 0 Å². The van der Waals surface area contributed by atoms with Crippen molar-refractivity contribution >= 4 is 0 Å². The van der Waals surface area contributed by atoms with Crippen LogP contribution in [0.3, 0.4) is 0 Å². The van der Waals surface area contributed by atoms with Gasteiger partial charge in [0.25, 0.3) is 0 Å². The first kappa shape index (κ1) is 11.8. The van der Waals surface area contributed by atoms with E-state index in [-0.39, 0.29) is 5.41 Å². The maximum atomic E-state index is 4.47. The summed E-state index contributed by atoms with van der Waals surface area (Å²) in [5.41, 5.74) is 1.49. The molecule has 0 aliphatic rings. The monoisotopic (exact) mass is 229 g/mol. The van der Waals surface area contributed by atoms with Gasteiger partial charge in [-0.1, -0.05) is 33.3 Å². The first-order chi connectivity index (χ1) is 8.13. The summed E-state index contributed by atoms with van der Waals surface area (Å²) in [5.74, 6) is 0.867. The predicted molar refractivity (Wildman–Crippen MR) is 69.3 cm³/mol. The zero-order valence-corrected chi connectivity index (χ0v) is 10.7. The summed E-state index contributed by atoms with van der Waals surface area (Å²) in [5, 5.41) is 4.17. The Bertz CT molecular complexity index is 455. The van der Waals surface area contributed by atoms with Crippen LogP contribution in [0.15, 0.2) is 36.8 Å². The van der Waals surface area contributed by atoms with E-state index >= 15 is 0 Å². The standard InChI is InChI=1S/C14H19N3/c1-4-8-14(2,3)12-6-7-13(15-11-12)17-10-5-9-16-17/h5-7,9-11H,4,8H2,1-3H3. The molecule has 0 bridgehead atoms. The predicted octanol–water partition coefficient (Wildman–Crippen LogP) is 3.35. The second kappa shape index (κ2) is 4.70. The van der Waals surface area contributed by atoms with Crippen molar-refractivity contribution in [3.8, 4) is 5.82 Å². The molecule has 2 rings (SSSR count). The van der Waals surface area contributed by atoms with E-state index in [1.165, 1.54) is 18.4 Å². The van der Waals surface area contributed by atoms with Gasteiger partial charge < -0.3 is 0 Å². The van der Waals surface area contributed by atoms with E-state index in [0.717, 1.165) is 5.82 Å². The Morgan fingerprint density at radius 1 is 1.29 bits per heavy atom. The Morgan fingerprint density at radius 3 is 2.65 bits per heavy atom. The highest BCUT2D eigenvalue weighted by Crippen LogP contribution is 2.27. The van der Waals surface area contributed by atoms with E-state index in [4.69, 9.17) is 0 Å². The van der Waals surface area contributed by atoms with Crippen LogP contribution >= 0.6 is 0 Å². The Hall–Kier alpha value is -1.64. The molecule has 3 heteroatoms. The van der Waals surface area contributed by atoms with Crippen molar-refractivity contribution < 1.29 is 0 Å². The molecule has 0 unspecified atom stereocenters. The zero-order valence-electron chi connectivity index (χ0n) is 10.7. The second-order valence-electron chi connectivity index (χ2n) is 4.99. The molecular formula is C14H19N3. The van der Waals surface area contributed by atoms with Gasteiger partial charge >= 0.3 is 0 Å². The summed E-state index contributed by atoms with van der Waals surface area (Å²) in [6.45, 7) is 6.75. The molecule has 0 spiro atoms. The molecule has 2 aromatic heterocycles. The molecule has 0 radical (unpaired) electrons. The van der Waals surface area contributed by atoms with Crippen LogP contribution in [0.25, 0.3) is 5.82 Å². The van der Waals surface area contributed by atoms with Gasteiger partial charge in [-0.25, -0.2) is 9.67 Å². The van der Waals surface area contributed by atoms with Crippen LogP contribution in [-0.2, 0) is 5.41 Å². The van der Waals surface area contributed by atoms with Crippen molar-refractivity contribution in [3.63, 3.8) is 0 Å². The largest absolute Gasteiger partial charge is 0.237 e. The normalized spacial score (nSPS) is 11.7. The van der Waals surface area contributed by atoms with Crippen LogP contribution in [0.2, 0.25) is 0 Å². The molecule has 90 valence electrons.